The number of aromatic nitrogens is 3. The van der Waals surface area contributed by atoms with E-state index in [0.717, 1.165) is 34.1 Å². The van der Waals surface area contributed by atoms with Gasteiger partial charge >= 0.3 is 0 Å². The highest BCUT2D eigenvalue weighted by molar-refractivity contribution is 5.85. The SMILES string of the molecule is CC(C)(C)c1ccc2c(c1)C1C=C(C3C=c4c(n(-c5nccc(-c6cccc(-c7ccc(-c8ccccc8)cc7)c6)n5)c5ccccc45)=CC3)C=CC1N2c1ccccc1. The van der Waals surface area contributed by atoms with E-state index in [1.165, 1.54) is 55.4 Å². The predicted octanol–water partition coefficient (Wildman–Crippen LogP) is 12.1. The van der Waals surface area contributed by atoms with Gasteiger partial charge in [-0.25, -0.2) is 9.97 Å². The topological polar surface area (TPSA) is 34.0 Å². The first-order valence-electron chi connectivity index (χ1n) is 21.2. The smallest absolute Gasteiger partial charge is 0.235 e. The second-order valence-electron chi connectivity index (χ2n) is 17.4. The Hall–Kier alpha value is -7.04. The molecule has 6 aromatic carbocycles. The van der Waals surface area contributed by atoms with Crippen LogP contribution in [0.2, 0.25) is 0 Å². The molecule has 8 aromatic rings. The van der Waals surface area contributed by atoms with E-state index in [0.29, 0.717) is 5.95 Å². The van der Waals surface area contributed by atoms with Crippen molar-refractivity contribution in [2.24, 2.45) is 5.92 Å². The maximum atomic E-state index is 5.25. The normalized spacial score (nSPS) is 17.9. The number of rotatable bonds is 6. The van der Waals surface area contributed by atoms with Gasteiger partial charge in [-0.15, -0.1) is 0 Å². The number of benzene rings is 6. The van der Waals surface area contributed by atoms with Gasteiger partial charge in [0.15, 0.2) is 0 Å². The highest BCUT2D eigenvalue weighted by atomic mass is 15.2. The van der Waals surface area contributed by atoms with Gasteiger partial charge in [0.1, 0.15) is 0 Å². The summed E-state index contributed by atoms with van der Waals surface area (Å²) >= 11 is 0. The molecule has 0 spiro atoms. The van der Waals surface area contributed by atoms with Crippen LogP contribution in [-0.4, -0.2) is 20.6 Å². The Morgan fingerprint density at radius 3 is 2.13 bits per heavy atom. The fourth-order valence-corrected chi connectivity index (χ4v) is 9.60. The van der Waals surface area contributed by atoms with E-state index in [4.69, 9.17) is 9.97 Å². The van der Waals surface area contributed by atoms with E-state index < -0.39 is 0 Å². The van der Waals surface area contributed by atoms with Crippen LogP contribution in [0.4, 0.5) is 11.4 Å². The standard InChI is InChI=1S/C56H46N4/c1-56(2,3)44-27-30-53-49(36-44)48-35-42(25-28-52(48)59(53)45-17-8-5-9-18-45)41-26-29-54-47(34-41)46-19-10-11-20-51(46)60(54)55-57-32-31-50(58-55)43-16-12-15-40(33-43)39-23-21-38(22-24-39)37-13-6-4-7-14-37/h4-25,27-36,41,48,52H,26H2,1-3H3. The van der Waals surface area contributed by atoms with Crippen LogP contribution in [-0.2, 0) is 5.41 Å². The van der Waals surface area contributed by atoms with Gasteiger partial charge in [0, 0.05) is 45.6 Å². The lowest BCUT2D eigenvalue weighted by Gasteiger charge is -2.30. The molecule has 0 radical (unpaired) electrons. The quantitative estimate of drug-likeness (QED) is 0.169. The molecule has 0 saturated carbocycles. The third-order valence-corrected chi connectivity index (χ3v) is 12.7. The summed E-state index contributed by atoms with van der Waals surface area (Å²) in [6.07, 6.45) is 15.1. The highest BCUT2D eigenvalue weighted by Crippen LogP contribution is 2.50. The van der Waals surface area contributed by atoms with Gasteiger partial charge in [-0.1, -0.05) is 172 Å². The lowest BCUT2D eigenvalue weighted by molar-refractivity contribution is 0.589. The van der Waals surface area contributed by atoms with Crippen LogP contribution in [0.15, 0.2) is 188 Å². The second kappa shape index (κ2) is 14.4. The minimum absolute atomic E-state index is 0.0711. The van der Waals surface area contributed by atoms with Crippen molar-refractivity contribution in [1.82, 2.24) is 14.5 Å². The summed E-state index contributed by atoms with van der Waals surface area (Å²) in [6.45, 7) is 6.93. The zero-order valence-corrected chi connectivity index (χ0v) is 34.2. The molecule has 3 heterocycles. The first kappa shape index (κ1) is 36.1. The van der Waals surface area contributed by atoms with Crippen molar-refractivity contribution in [2.75, 3.05) is 4.90 Å². The van der Waals surface area contributed by atoms with Crippen LogP contribution in [0.1, 0.15) is 44.2 Å². The third-order valence-electron chi connectivity index (χ3n) is 12.7. The monoisotopic (exact) mass is 774 g/mol. The molecular formula is C56H46N4. The minimum atomic E-state index is 0.0711. The molecule has 0 N–H and O–H groups in total. The molecule has 290 valence electrons. The fraction of sp³-hybridized carbons (Fsp3) is 0.143. The molecule has 0 amide bonds. The maximum Gasteiger partial charge on any atom is 0.235 e. The number of fused-ring (bicyclic) bond motifs is 6. The molecular weight excluding hydrogens is 729 g/mol. The van der Waals surface area contributed by atoms with E-state index >= 15 is 0 Å². The van der Waals surface area contributed by atoms with Crippen molar-refractivity contribution >= 4 is 34.4 Å². The summed E-state index contributed by atoms with van der Waals surface area (Å²) in [5.41, 5.74) is 14.6. The number of anilines is 2. The molecule has 60 heavy (non-hydrogen) atoms. The Morgan fingerprint density at radius 1 is 0.633 bits per heavy atom. The van der Waals surface area contributed by atoms with Crippen molar-refractivity contribution in [2.45, 2.75) is 44.6 Å². The molecule has 11 rings (SSSR count). The van der Waals surface area contributed by atoms with Gasteiger partial charge in [0.25, 0.3) is 0 Å². The Balaban J connectivity index is 0.943. The molecule has 3 atom stereocenters. The van der Waals surface area contributed by atoms with Crippen molar-refractivity contribution in [1.29, 1.82) is 0 Å². The van der Waals surface area contributed by atoms with Gasteiger partial charge in [-0.2, -0.15) is 0 Å². The first-order chi connectivity index (χ1) is 29.4. The van der Waals surface area contributed by atoms with Crippen LogP contribution in [0.25, 0.3) is 62.5 Å². The molecule has 4 nitrogen and oxygen atoms in total. The van der Waals surface area contributed by atoms with E-state index in [-0.39, 0.29) is 23.3 Å². The second-order valence-corrected chi connectivity index (χ2v) is 17.4. The molecule has 4 heteroatoms. The lowest BCUT2D eigenvalue weighted by Crippen LogP contribution is -2.34. The van der Waals surface area contributed by atoms with Gasteiger partial charge in [-0.05, 0) is 87.2 Å². The van der Waals surface area contributed by atoms with Crippen molar-refractivity contribution in [3.8, 4) is 39.5 Å². The highest BCUT2D eigenvalue weighted by Gasteiger charge is 2.39. The average Bonchev–Trinajstić information content (AvgIpc) is 3.81. The number of hydrogen-bond acceptors (Lipinski definition) is 3. The summed E-state index contributed by atoms with van der Waals surface area (Å²) in [5.74, 6) is 1.20. The molecule has 3 unspecified atom stereocenters. The van der Waals surface area contributed by atoms with Crippen LogP contribution in [0.5, 0.6) is 0 Å². The zero-order valence-electron chi connectivity index (χ0n) is 34.2. The average molecular weight is 775 g/mol. The van der Waals surface area contributed by atoms with Crippen LogP contribution < -0.4 is 15.5 Å². The number of nitrogens with zero attached hydrogens (tertiary/aromatic N) is 4. The first-order valence-corrected chi connectivity index (χ1v) is 21.2. The van der Waals surface area contributed by atoms with Gasteiger partial charge in [-0.3, -0.25) is 4.57 Å². The Kier molecular flexibility index (Phi) is 8.63. The number of hydrogen-bond donors (Lipinski definition) is 0. The van der Waals surface area contributed by atoms with Crippen molar-refractivity contribution in [3.05, 3.63) is 209 Å². The van der Waals surface area contributed by atoms with Gasteiger partial charge in [0.05, 0.1) is 22.6 Å². The molecule has 2 aliphatic carbocycles. The van der Waals surface area contributed by atoms with Gasteiger partial charge in [0.2, 0.25) is 5.95 Å². The number of para-hydroxylation sites is 2. The predicted molar refractivity (Wildman–Crippen MR) is 249 cm³/mol. The molecule has 0 saturated heterocycles. The summed E-state index contributed by atoms with van der Waals surface area (Å²) in [4.78, 5) is 12.7. The number of allylic oxidation sites excluding steroid dienone is 2. The maximum absolute atomic E-state index is 5.25. The lowest BCUT2D eigenvalue weighted by atomic mass is 9.80. The summed E-state index contributed by atoms with van der Waals surface area (Å²) in [6, 6.07) is 57.0. The third kappa shape index (κ3) is 6.22. The molecule has 1 aliphatic heterocycles. The zero-order chi connectivity index (χ0) is 40.4. The van der Waals surface area contributed by atoms with Crippen LogP contribution in [0, 0.1) is 5.92 Å². The van der Waals surface area contributed by atoms with E-state index in [2.05, 4.69) is 212 Å². The molecule has 2 aromatic heterocycles. The van der Waals surface area contributed by atoms with E-state index in [9.17, 15) is 0 Å². The van der Waals surface area contributed by atoms with E-state index in [1.807, 2.05) is 12.3 Å². The Labute approximate surface area is 351 Å². The Bertz CT molecular complexity index is 3110. The molecule has 3 aliphatic rings. The molecule has 0 bridgehead atoms. The van der Waals surface area contributed by atoms with Gasteiger partial charge < -0.3 is 4.90 Å². The van der Waals surface area contributed by atoms with Crippen molar-refractivity contribution < 1.29 is 0 Å². The van der Waals surface area contributed by atoms with E-state index in [1.54, 1.807) is 0 Å². The van der Waals surface area contributed by atoms with Crippen LogP contribution in [0.3, 0.4) is 0 Å². The van der Waals surface area contributed by atoms with Crippen molar-refractivity contribution in [3.63, 3.8) is 0 Å². The van der Waals surface area contributed by atoms with Crippen LogP contribution >= 0.6 is 0 Å². The minimum Gasteiger partial charge on any atom is -0.333 e. The summed E-state index contributed by atoms with van der Waals surface area (Å²) < 4.78 is 2.26. The summed E-state index contributed by atoms with van der Waals surface area (Å²) in [5, 5.41) is 3.63. The largest absolute Gasteiger partial charge is 0.333 e. The fourth-order valence-electron chi connectivity index (χ4n) is 9.60. The molecule has 0 fully saturated rings. The Morgan fingerprint density at radius 2 is 1.33 bits per heavy atom. The summed E-state index contributed by atoms with van der Waals surface area (Å²) in [7, 11) is 0.